The molecule has 2 rings (SSSR count). The van der Waals surface area contributed by atoms with Gasteiger partial charge in [-0.05, 0) is 31.0 Å². The Balaban J connectivity index is 2.12. The highest BCUT2D eigenvalue weighted by Crippen LogP contribution is 2.17. The van der Waals surface area contributed by atoms with E-state index in [0.717, 1.165) is 12.8 Å². The van der Waals surface area contributed by atoms with Gasteiger partial charge in [-0.1, -0.05) is 6.07 Å². The second-order valence-corrected chi connectivity index (χ2v) is 4.28. The lowest BCUT2D eigenvalue weighted by Gasteiger charge is -2.30. The van der Waals surface area contributed by atoms with E-state index >= 15 is 0 Å². The van der Waals surface area contributed by atoms with Gasteiger partial charge in [0.15, 0.2) is 0 Å². The quantitative estimate of drug-likeness (QED) is 0.840. The summed E-state index contributed by atoms with van der Waals surface area (Å²) in [6, 6.07) is 7.10. The predicted octanol–water partition coefficient (Wildman–Crippen LogP) is 1.29. The molecule has 92 valence electrons. The number of aliphatic hydroxyl groups is 1. The first-order valence-electron chi connectivity index (χ1n) is 5.82. The van der Waals surface area contributed by atoms with Gasteiger partial charge in [0.05, 0.1) is 13.2 Å². The third kappa shape index (κ3) is 2.77. The Morgan fingerprint density at radius 3 is 3.06 bits per heavy atom. The Morgan fingerprint density at radius 1 is 1.53 bits per heavy atom. The lowest BCUT2D eigenvalue weighted by atomic mass is 10.1. The molecule has 17 heavy (non-hydrogen) atoms. The van der Waals surface area contributed by atoms with Gasteiger partial charge in [0.1, 0.15) is 5.75 Å². The van der Waals surface area contributed by atoms with Crippen LogP contribution in [-0.2, 0) is 0 Å². The van der Waals surface area contributed by atoms with Gasteiger partial charge in [-0.2, -0.15) is 0 Å². The molecule has 0 radical (unpaired) electrons. The standard InChI is InChI=1S/C13H17NO3/c1-17-12-6-2-4-10(8-12)13(16)14-7-3-5-11(15)9-14/h2,4,6,8,11,15H,3,5,7,9H2,1H3/t11-/m0/s1. The van der Waals surface area contributed by atoms with E-state index in [1.165, 1.54) is 0 Å². The van der Waals surface area contributed by atoms with E-state index in [1.807, 2.05) is 6.07 Å². The summed E-state index contributed by atoms with van der Waals surface area (Å²) in [6.45, 7) is 1.14. The summed E-state index contributed by atoms with van der Waals surface area (Å²) in [5.41, 5.74) is 0.610. The minimum absolute atomic E-state index is 0.0392. The molecule has 1 aliphatic heterocycles. The van der Waals surface area contributed by atoms with Gasteiger partial charge in [0, 0.05) is 18.7 Å². The van der Waals surface area contributed by atoms with Crippen LogP contribution in [-0.4, -0.2) is 42.2 Å². The first kappa shape index (κ1) is 11.9. The summed E-state index contributed by atoms with van der Waals surface area (Å²) in [5, 5.41) is 9.56. The van der Waals surface area contributed by atoms with Crippen LogP contribution in [0, 0.1) is 0 Å². The van der Waals surface area contributed by atoms with Crippen LogP contribution < -0.4 is 4.74 Å². The summed E-state index contributed by atoms with van der Waals surface area (Å²) in [7, 11) is 1.58. The highest BCUT2D eigenvalue weighted by molar-refractivity contribution is 5.94. The van der Waals surface area contributed by atoms with Crippen LogP contribution in [0.1, 0.15) is 23.2 Å². The van der Waals surface area contributed by atoms with Gasteiger partial charge >= 0.3 is 0 Å². The molecule has 0 bridgehead atoms. The average Bonchev–Trinajstić information content (AvgIpc) is 2.38. The number of hydrogen-bond acceptors (Lipinski definition) is 3. The molecule has 0 aliphatic carbocycles. The van der Waals surface area contributed by atoms with Gasteiger partial charge in [0.25, 0.3) is 5.91 Å². The van der Waals surface area contributed by atoms with Crippen molar-refractivity contribution < 1.29 is 14.6 Å². The molecule has 1 heterocycles. The molecule has 1 aromatic carbocycles. The number of amides is 1. The highest BCUT2D eigenvalue weighted by Gasteiger charge is 2.23. The molecule has 0 unspecified atom stereocenters. The number of β-amino-alcohol motifs (C(OH)–C–C–N with tert-alkyl or cyclic N) is 1. The van der Waals surface area contributed by atoms with Crippen molar-refractivity contribution in [1.29, 1.82) is 0 Å². The van der Waals surface area contributed by atoms with Gasteiger partial charge in [0.2, 0.25) is 0 Å². The molecule has 1 saturated heterocycles. The van der Waals surface area contributed by atoms with Crippen molar-refractivity contribution in [3.05, 3.63) is 29.8 Å². The van der Waals surface area contributed by atoms with Crippen molar-refractivity contribution in [2.45, 2.75) is 18.9 Å². The van der Waals surface area contributed by atoms with Crippen molar-refractivity contribution in [1.82, 2.24) is 4.90 Å². The summed E-state index contributed by atoms with van der Waals surface area (Å²) < 4.78 is 5.09. The number of hydrogen-bond donors (Lipinski definition) is 1. The third-order valence-corrected chi connectivity index (χ3v) is 3.00. The second kappa shape index (κ2) is 5.19. The number of carbonyl (C=O) groups is 1. The van der Waals surface area contributed by atoms with Crippen molar-refractivity contribution >= 4 is 5.91 Å². The Kier molecular flexibility index (Phi) is 3.64. The maximum absolute atomic E-state index is 12.2. The molecule has 1 fully saturated rings. The number of nitrogens with zero attached hydrogens (tertiary/aromatic N) is 1. The minimum Gasteiger partial charge on any atom is -0.497 e. The van der Waals surface area contributed by atoms with Gasteiger partial charge in [-0.25, -0.2) is 0 Å². The fraction of sp³-hybridized carbons (Fsp3) is 0.462. The highest BCUT2D eigenvalue weighted by atomic mass is 16.5. The summed E-state index contributed by atoms with van der Waals surface area (Å²) in [6.07, 6.45) is 1.25. The number of ether oxygens (including phenoxy) is 1. The van der Waals surface area contributed by atoms with Crippen molar-refractivity contribution in [2.75, 3.05) is 20.2 Å². The topological polar surface area (TPSA) is 49.8 Å². The smallest absolute Gasteiger partial charge is 0.254 e. The van der Waals surface area contributed by atoms with E-state index in [1.54, 1.807) is 30.2 Å². The largest absolute Gasteiger partial charge is 0.497 e. The summed E-state index contributed by atoms with van der Waals surface area (Å²) in [4.78, 5) is 13.9. The van der Waals surface area contributed by atoms with E-state index in [4.69, 9.17) is 4.74 Å². The number of rotatable bonds is 2. The first-order valence-corrected chi connectivity index (χ1v) is 5.82. The normalized spacial score (nSPS) is 20.1. The Hall–Kier alpha value is -1.55. The minimum atomic E-state index is -0.390. The van der Waals surface area contributed by atoms with Crippen LogP contribution in [0.25, 0.3) is 0 Å². The van der Waals surface area contributed by atoms with E-state index in [-0.39, 0.29) is 5.91 Å². The Morgan fingerprint density at radius 2 is 2.35 bits per heavy atom. The van der Waals surface area contributed by atoms with Crippen LogP contribution in [0.4, 0.5) is 0 Å². The SMILES string of the molecule is COc1cccc(C(=O)N2CCC[C@H](O)C2)c1. The molecular formula is C13H17NO3. The van der Waals surface area contributed by atoms with E-state index in [2.05, 4.69) is 0 Å². The number of methoxy groups -OCH3 is 1. The van der Waals surface area contributed by atoms with Crippen molar-refractivity contribution in [2.24, 2.45) is 0 Å². The fourth-order valence-corrected chi connectivity index (χ4v) is 2.08. The van der Waals surface area contributed by atoms with E-state index in [9.17, 15) is 9.90 Å². The molecular weight excluding hydrogens is 218 g/mol. The number of likely N-dealkylation sites (tertiary alicyclic amines) is 1. The molecule has 0 spiro atoms. The van der Waals surface area contributed by atoms with E-state index in [0.29, 0.717) is 24.4 Å². The first-order chi connectivity index (χ1) is 8.20. The number of piperidine rings is 1. The maximum Gasteiger partial charge on any atom is 0.254 e. The summed E-state index contributed by atoms with van der Waals surface area (Å²) in [5.74, 6) is 0.635. The zero-order chi connectivity index (χ0) is 12.3. The molecule has 4 heteroatoms. The Labute approximate surface area is 101 Å². The van der Waals surface area contributed by atoms with Crippen LogP contribution in [0.3, 0.4) is 0 Å². The third-order valence-electron chi connectivity index (χ3n) is 3.00. The molecule has 1 N–H and O–H groups in total. The molecule has 0 aromatic heterocycles. The van der Waals surface area contributed by atoms with Crippen molar-refractivity contribution in [3.63, 3.8) is 0 Å². The average molecular weight is 235 g/mol. The monoisotopic (exact) mass is 235 g/mol. The van der Waals surface area contributed by atoms with Gasteiger partial charge < -0.3 is 14.7 Å². The predicted molar refractivity (Wildman–Crippen MR) is 64.1 cm³/mol. The number of aliphatic hydroxyl groups excluding tert-OH is 1. The van der Waals surface area contributed by atoms with Crippen molar-refractivity contribution in [3.8, 4) is 5.75 Å². The van der Waals surface area contributed by atoms with E-state index < -0.39 is 6.10 Å². The lowest BCUT2D eigenvalue weighted by molar-refractivity contribution is 0.0473. The number of carbonyl (C=O) groups excluding carboxylic acids is 1. The van der Waals surface area contributed by atoms with Crippen LogP contribution in [0.2, 0.25) is 0 Å². The van der Waals surface area contributed by atoms with Crippen LogP contribution in [0.15, 0.2) is 24.3 Å². The zero-order valence-electron chi connectivity index (χ0n) is 9.93. The Bertz CT molecular complexity index is 405. The molecule has 0 saturated carbocycles. The second-order valence-electron chi connectivity index (χ2n) is 4.28. The number of benzene rings is 1. The van der Waals surface area contributed by atoms with Crippen LogP contribution in [0.5, 0.6) is 5.75 Å². The van der Waals surface area contributed by atoms with Crippen LogP contribution >= 0.6 is 0 Å². The fourth-order valence-electron chi connectivity index (χ4n) is 2.08. The van der Waals surface area contributed by atoms with Gasteiger partial charge in [-0.3, -0.25) is 4.79 Å². The molecule has 1 aliphatic rings. The summed E-state index contributed by atoms with van der Waals surface area (Å²) >= 11 is 0. The molecule has 1 atom stereocenters. The molecule has 1 aromatic rings. The lowest BCUT2D eigenvalue weighted by Crippen LogP contribution is -2.42. The maximum atomic E-state index is 12.2. The molecule has 1 amide bonds. The molecule has 4 nitrogen and oxygen atoms in total. The van der Waals surface area contributed by atoms with Gasteiger partial charge in [-0.15, -0.1) is 0 Å². The zero-order valence-corrected chi connectivity index (χ0v) is 9.93.